The number of aryl methyl sites for hydroxylation is 1. The van der Waals surface area contributed by atoms with Gasteiger partial charge in [-0.3, -0.25) is 4.98 Å². The largest absolute Gasteiger partial charge is 0.255 e. The van der Waals surface area contributed by atoms with E-state index in [-0.39, 0.29) is 0 Å². The van der Waals surface area contributed by atoms with Gasteiger partial charge in [-0.15, -0.1) is 0 Å². The Morgan fingerprint density at radius 2 is 2.12 bits per heavy atom. The molecular formula is C5H5FN2. The molecule has 42 valence electrons. The molecule has 1 heterocycles. The van der Waals surface area contributed by atoms with Crippen LogP contribution in [0, 0.1) is 12.9 Å². The third-order valence-corrected chi connectivity index (χ3v) is 0.749. The van der Waals surface area contributed by atoms with Crippen LogP contribution >= 0.6 is 0 Å². The molecule has 0 aromatic carbocycles. The van der Waals surface area contributed by atoms with Gasteiger partial charge < -0.3 is 0 Å². The Morgan fingerprint density at radius 1 is 1.38 bits per heavy atom. The lowest BCUT2D eigenvalue weighted by Gasteiger charge is -1.85. The van der Waals surface area contributed by atoms with Crippen molar-refractivity contribution in [3.05, 3.63) is 24.0 Å². The third kappa shape index (κ3) is 0.992. The van der Waals surface area contributed by atoms with Crippen LogP contribution in [0.1, 0.15) is 5.69 Å². The van der Waals surface area contributed by atoms with E-state index in [1.807, 2.05) is 0 Å². The van der Waals surface area contributed by atoms with Crippen LogP contribution < -0.4 is 0 Å². The molecule has 0 aliphatic heterocycles. The van der Waals surface area contributed by atoms with Gasteiger partial charge >= 0.3 is 0 Å². The molecule has 1 rings (SSSR count). The maximum absolute atomic E-state index is 11.9. The highest BCUT2D eigenvalue weighted by Gasteiger charge is 1.86. The summed E-state index contributed by atoms with van der Waals surface area (Å²) in [6.45, 7) is 1.76. The Balaban J connectivity index is 3.03. The number of hydrogen-bond acceptors (Lipinski definition) is 2. The minimum Gasteiger partial charge on any atom is -0.255 e. The molecule has 0 atom stereocenters. The topological polar surface area (TPSA) is 25.8 Å². The maximum atomic E-state index is 11.9. The molecule has 3 heteroatoms. The van der Waals surface area contributed by atoms with Gasteiger partial charge in [0.25, 0.3) is 0 Å². The van der Waals surface area contributed by atoms with E-state index < -0.39 is 5.95 Å². The summed E-state index contributed by atoms with van der Waals surface area (Å²) in [5, 5.41) is 0. The zero-order valence-electron chi connectivity index (χ0n) is 4.43. The Kier molecular flexibility index (Phi) is 1.20. The highest BCUT2D eigenvalue weighted by molar-refractivity contribution is 4.90. The summed E-state index contributed by atoms with van der Waals surface area (Å²) in [7, 11) is 0. The molecule has 0 saturated carbocycles. The number of halogens is 1. The highest BCUT2D eigenvalue weighted by Crippen LogP contribution is 1.88. The van der Waals surface area contributed by atoms with Crippen LogP contribution in [0.2, 0.25) is 0 Å². The van der Waals surface area contributed by atoms with Crippen molar-refractivity contribution < 1.29 is 4.39 Å². The molecule has 1 aromatic rings. The van der Waals surface area contributed by atoms with Crippen molar-refractivity contribution in [2.24, 2.45) is 0 Å². The first-order valence-corrected chi connectivity index (χ1v) is 2.23. The summed E-state index contributed by atoms with van der Waals surface area (Å²) in [4.78, 5) is 6.99. The average Bonchev–Trinajstić information content (AvgIpc) is 1.77. The van der Waals surface area contributed by atoms with Crippen molar-refractivity contribution in [2.75, 3.05) is 0 Å². The van der Waals surface area contributed by atoms with Crippen LogP contribution in [0.3, 0.4) is 0 Å². The summed E-state index contributed by atoms with van der Waals surface area (Å²) in [5.74, 6) is -0.532. The van der Waals surface area contributed by atoms with E-state index in [9.17, 15) is 4.39 Å². The minimum absolute atomic E-state index is 0.532. The summed E-state index contributed by atoms with van der Waals surface area (Å²) in [6, 6.07) is 0. The van der Waals surface area contributed by atoms with Crippen molar-refractivity contribution in [3.8, 4) is 0 Å². The Hall–Kier alpha value is -0.990. The van der Waals surface area contributed by atoms with Gasteiger partial charge in [0.1, 0.15) is 0 Å². The predicted molar refractivity (Wildman–Crippen MR) is 26.7 cm³/mol. The molecule has 0 unspecified atom stereocenters. The molecule has 0 fully saturated rings. The monoisotopic (exact) mass is 112 g/mol. The van der Waals surface area contributed by atoms with Crippen LogP contribution in [-0.4, -0.2) is 9.97 Å². The van der Waals surface area contributed by atoms with E-state index >= 15 is 0 Å². The maximum Gasteiger partial charge on any atom is 0.231 e. The summed E-state index contributed by atoms with van der Waals surface area (Å²) in [6.07, 6.45) is 2.48. The van der Waals surface area contributed by atoms with E-state index in [0.717, 1.165) is 11.9 Å². The van der Waals surface area contributed by atoms with Crippen molar-refractivity contribution in [3.63, 3.8) is 0 Å². The molecule has 0 amide bonds. The SMILES string of the molecule is Cc1cnc(F)cn1. The number of nitrogens with zero attached hydrogens (tertiary/aromatic N) is 2. The molecule has 0 N–H and O–H groups in total. The van der Waals surface area contributed by atoms with E-state index in [2.05, 4.69) is 9.97 Å². The molecule has 1 aromatic heterocycles. The van der Waals surface area contributed by atoms with Crippen LogP contribution in [0.4, 0.5) is 4.39 Å². The number of aromatic nitrogens is 2. The smallest absolute Gasteiger partial charge is 0.231 e. The van der Waals surface area contributed by atoms with Crippen molar-refractivity contribution in [1.29, 1.82) is 0 Å². The van der Waals surface area contributed by atoms with Crippen molar-refractivity contribution >= 4 is 0 Å². The van der Waals surface area contributed by atoms with Crippen molar-refractivity contribution in [2.45, 2.75) is 6.92 Å². The Bertz CT molecular complexity index is 149. The lowest BCUT2D eigenvalue weighted by Crippen LogP contribution is -1.85. The molecular weight excluding hydrogens is 107 g/mol. The van der Waals surface area contributed by atoms with E-state index in [4.69, 9.17) is 0 Å². The van der Waals surface area contributed by atoms with E-state index in [1.54, 1.807) is 6.92 Å². The Morgan fingerprint density at radius 3 is 2.50 bits per heavy atom. The van der Waals surface area contributed by atoms with Gasteiger partial charge in [0.2, 0.25) is 5.95 Å². The van der Waals surface area contributed by atoms with Gasteiger partial charge in [0, 0.05) is 0 Å². The molecule has 8 heavy (non-hydrogen) atoms. The second-order valence-electron chi connectivity index (χ2n) is 1.48. The first kappa shape index (κ1) is 5.15. The van der Waals surface area contributed by atoms with Gasteiger partial charge in [-0.05, 0) is 6.92 Å². The first-order valence-electron chi connectivity index (χ1n) is 2.23. The molecule has 0 aliphatic carbocycles. The zero-order valence-corrected chi connectivity index (χ0v) is 4.43. The summed E-state index contributed by atoms with van der Waals surface area (Å²) < 4.78 is 11.9. The average molecular weight is 112 g/mol. The van der Waals surface area contributed by atoms with Crippen molar-refractivity contribution in [1.82, 2.24) is 9.97 Å². The predicted octanol–water partition coefficient (Wildman–Crippen LogP) is 0.924. The zero-order chi connectivity index (χ0) is 5.98. The van der Waals surface area contributed by atoms with Gasteiger partial charge in [0.05, 0.1) is 18.1 Å². The van der Waals surface area contributed by atoms with Crippen LogP contribution in [0.5, 0.6) is 0 Å². The normalized spacial score (nSPS) is 9.25. The molecule has 0 spiro atoms. The lowest BCUT2D eigenvalue weighted by atomic mass is 10.5. The first-order chi connectivity index (χ1) is 3.79. The van der Waals surface area contributed by atoms with Crippen LogP contribution in [0.25, 0.3) is 0 Å². The van der Waals surface area contributed by atoms with Gasteiger partial charge in [0.15, 0.2) is 0 Å². The van der Waals surface area contributed by atoms with Crippen LogP contribution in [-0.2, 0) is 0 Å². The lowest BCUT2D eigenvalue weighted by molar-refractivity contribution is 0.575. The van der Waals surface area contributed by atoms with Gasteiger partial charge in [-0.1, -0.05) is 0 Å². The van der Waals surface area contributed by atoms with E-state index in [1.165, 1.54) is 6.20 Å². The molecule has 0 aliphatic rings. The van der Waals surface area contributed by atoms with Gasteiger partial charge in [-0.25, -0.2) is 4.98 Å². The molecule has 0 saturated heterocycles. The second kappa shape index (κ2) is 1.86. The molecule has 2 nitrogen and oxygen atoms in total. The fraction of sp³-hybridized carbons (Fsp3) is 0.200. The second-order valence-corrected chi connectivity index (χ2v) is 1.48. The quantitative estimate of drug-likeness (QED) is 0.498. The minimum atomic E-state index is -0.532. The fourth-order valence-corrected chi connectivity index (χ4v) is 0.377. The highest BCUT2D eigenvalue weighted by atomic mass is 19.1. The molecule has 0 bridgehead atoms. The van der Waals surface area contributed by atoms with Gasteiger partial charge in [-0.2, -0.15) is 4.39 Å². The summed E-state index contributed by atoms with van der Waals surface area (Å²) >= 11 is 0. The number of hydrogen-bond donors (Lipinski definition) is 0. The third-order valence-electron chi connectivity index (χ3n) is 0.749. The number of rotatable bonds is 0. The van der Waals surface area contributed by atoms with Crippen LogP contribution in [0.15, 0.2) is 12.4 Å². The Labute approximate surface area is 46.4 Å². The standard InChI is InChI=1S/C5H5FN2/c1-4-2-8-5(6)3-7-4/h2-3H,1H3. The van der Waals surface area contributed by atoms with E-state index in [0.29, 0.717) is 0 Å². The fourth-order valence-electron chi connectivity index (χ4n) is 0.377. The molecule has 0 radical (unpaired) electrons. The summed E-state index contributed by atoms with van der Waals surface area (Å²) in [5.41, 5.74) is 0.728.